The lowest BCUT2D eigenvalue weighted by Gasteiger charge is -2.27. The average molecular weight is 395 g/mol. The molecule has 0 unspecified atom stereocenters. The second-order valence-corrected chi connectivity index (χ2v) is 8.01. The van der Waals surface area contributed by atoms with E-state index in [1.165, 1.54) is 5.56 Å². The van der Waals surface area contributed by atoms with Crippen molar-refractivity contribution in [2.45, 2.75) is 51.6 Å². The number of aryl methyl sites for hydroxylation is 1. The van der Waals surface area contributed by atoms with Crippen LogP contribution in [0.15, 0.2) is 30.5 Å². The Morgan fingerprint density at radius 1 is 1.24 bits per heavy atom. The van der Waals surface area contributed by atoms with Gasteiger partial charge in [-0.3, -0.25) is 4.79 Å². The highest BCUT2D eigenvalue weighted by atomic mass is 16.5. The van der Waals surface area contributed by atoms with Crippen LogP contribution in [0.3, 0.4) is 0 Å². The van der Waals surface area contributed by atoms with Crippen molar-refractivity contribution in [3.8, 4) is 5.75 Å². The second-order valence-electron chi connectivity index (χ2n) is 8.01. The van der Waals surface area contributed by atoms with Crippen molar-refractivity contribution < 1.29 is 9.53 Å². The van der Waals surface area contributed by atoms with E-state index in [1.54, 1.807) is 0 Å². The maximum atomic E-state index is 12.9. The summed E-state index contributed by atoms with van der Waals surface area (Å²) in [6.07, 6.45) is 6.15. The van der Waals surface area contributed by atoms with Gasteiger partial charge in [-0.1, -0.05) is 12.1 Å². The number of likely N-dealkylation sites (N-methyl/N-ethyl adjacent to an activating group) is 1. The van der Waals surface area contributed by atoms with Crippen LogP contribution >= 0.6 is 0 Å². The van der Waals surface area contributed by atoms with Crippen LogP contribution in [0, 0.1) is 0 Å². The fraction of sp³-hybridized carbons (Fsp3) is 0.522. The third kappa shape index (κ3) is 4.58. The summed E-state index contributed by atoms with van der Waals surface area (Å²) in [5.74, 6) is 1.89. The van der Waals surface area contributed by atoms with Crippen molar-refractivity contribution in [3.05, 3.63) is 53.1 Å². The van der Waals surface area contributed by atoms with E-state index in [4.69, 9.17) is 9.72 Å². The molecule has 29 heavy (non-hydrogen) atoms. The van der Waals surface area contributed by atoms with Crippen LogP contribution in [-0.4, -0.2) is 52.4 Å². The van der Waals surface area contributed by atoms with E-state index in [1.807, 2.05) is 42.3 Å². The van der Waals surface area contributed by atoms with Crippen molar-refractivity contribution in [2.75, 3.05) is 26.7 Å². The molecule has 4 rings (SSSR count). The maximum Gasteiger partial charge on any atom is 0.223 e. The molecule has 6 heteroatoms. The minimum absolute atomic E-state index is 0.0211. The molecule has 1 atom stereocenters. The van der Waals surface area contributed by atoms with Crippen molar-refractivity contribution in [2.24, 2.45) is 0 Å². The molecule has 1 aromatic heterocycles. The Balaban J connectivity index is 1.39. The smallest absolute Gasteiger partial charge is 0.223 e. The highest BCUT2D eigenvalue weighted by Crippen LogP contribution is 2.31. The van der Waals surface area contributed by atoms with Gasteiger partial charge in [-0.2, -0.15) is 0 Å². The van der Waals surface area contributed by atoms with Crippen molar-refractivity contribution >= 4 is 5.91 Å². The minimum Gasteiger partial charge on any atom is -0.494 e. The summed E-state index contributed by atoms with van der Waals surface area (Å²) in [6, 6.07) is 8.06. The van der Waals surface area contributed by atoms with Crippen molar-refractivity contribution in [1.82, 2.24) is 19.8 Å². The molecule has 1 fully saturated rings. The molecule has 0 saturated carbocycles. The topological polar surface area (TPSA) is 58.6 Å². The third-order valence-corrected chi connectivity index (χ3v) is 5.88. The number of hydrogen-bond donors (Lipinski definition) is 0. The Labute approximate surface area is 172 Å². The minimum atomic E-state index is 0.0211. The largest absolute Gasteiger partial charge is 0.494 e. The molecule has 154 valence electrons. The van der Waals surface area contributed by atoms with Gasteiger partial charge in [0, 0.05) is 49.9 Å². The second kappa shape index (κ2) is 8.91. The number of rotatable bonds is 6. The van der Waals surface area contributed by atoms with Gasteiger partial charge in [-0.25, -0.2) is 9.97 Å². The monoisotopic (exact) mass is 394 g/mol. The van der Waals surface area contributed by atoms with Crippen LogP contribution in [0.25, 0.3) is 0 Å². The highest BCUT2D eigenvalue weighted by molar-refractivity contribution is 5.77. The Morgan fingerprint density at radius 3 is 2.86 bits per heavy atom. The van der Waals surface area contributed by atoms with Gasteiger partial charge in [0.2, 0.25) is 5.91 Å². The van der Waals surface area contributed by atoms with E-state index in [0.717, 1.165) is 68.1 Å². The molecular weight excluding hydrogens is 364 g/mol. The Kier molecular flexibility index (Phi) is 6.09. The molecule has 2 aliphatic heterocycles. The Hall–Kier alpha value is -2.47. The lowest BCUT2D eigenvalue weighted by Crippen LogP contribution is -2.33. The Bertz CT molecular complexity index is 852. The van der Waals surface area contributed by atoms with Crippen LogP contribution in [-0.2, 0) is 24.2 Å². The normalized spacial score (nSPS) is 19.2. The summed E-state index contributed by atoms with van der Waals surface area (Å²) in [5, 5.41) is 0. The number of ether oxygens (including phenoxy) is 1. The predicted molar refractivity (Wildman–Crippen MR) is 112 cm³/mol. The fourth-order valence-electron chi connectivity index (χ4n) is 4.28. The summed E-state index contributed by atoms with van der Waals surface area (Å²) < 4.78 is 5.48. The molecule has 1 saturated heterocycles. The number of carbonyl (C=O) groups is 1. The molecule has 0 spiro atoms. The Morgan fingerprint density at radius 2 is 2.07 bits per heavy atom. The van der Waals surface area contributed by atoms with Crippen molar-refractivity contribution in [1.29, 1.82) is 0 Å². The van der Waals surface area contributed by atoms with Crippen LogP contribution in [0.2, 0.25) is 0 Å². The first-order valence-corrected chi connectivity index (χ1v) is 10.7. The average Bonchev–Trinajstić information content (AvgIpc) is 3.23. The molecule has 2 aliphatic rings. The number of likely N-dealkylation sites (tertiary alicyclic amines) is 1. The number of carbonyl (C=O) groups excluding carboxylic acids is 1. The van der Waals surface area contributed by atoms with E-state index in [0.29, 0.717) is 13.0 Å². The summed E-state index contributed by atoms with van der Waals surface area (Å²) in [6.45, 7) is 5.37. The zero-order chi connectivity index (χ0) is 20.2. The zero-order valence-electron chi connectivity index (χ0n) is 17.4. The molecule has 6 nitrogen and oxygen atoms in total. The lowest BCUT2D eigenvalue weighted by atomic mass is 10.1. The number of aromatic nitrogens is 2. The molecule has 0 bridgehead atoms. The van der Waals surface area contributed by atoms with Crippen molar-refractivity contribution in [3.63, 3.8) is 0 Å². The van der Waals surface area contributed by atoms with Gasteiger partial charge in [-0.15, -0.1) is 0 Å². The van der Waals surface area contributed by atoms with Gasteiger partial charge in [0.1, 0.15) is 5.75 Å². The van der Waals surface area contributed by atoms with E-state index < -0.39 is 0 Å². The lowest BCUT2D eigenvalue weighted by molar-refractivity contribution is -0.132. The quantitative estimate of drug-likeness (QED) is 0.753. The van der Waals surface area contributed by atoms with Crippen LogP contribution in [0.5, 0.6) is 5.75 Å². The first-order valence-electron chi connectivity index (χ1n) is 10.7. The number of fused-ring (bicyclic) bond motifs is 1. The van der Waals surface area contributed by atoms with E-state index in [2.05, 4.69) is 16.9 Å². The molecule has 1 aromatic carbocycles. The van der Waals surface area contributed by atoms with Gasteiger partial charge >= 0.3 is 0 Å². The fourth-order valence-corrected chi connectivity index (χ4v) is 4.28. The summed E-state index contributed by atoms with van der Waals surface area (Å²) in [4.78, 5) is 26.7. The van der Waals surface area contributed by atoms with Gasteiger partial charge in [0.15, 0.2) is 5.82 Å². The molecular formula is C23H30N4O2. The number of benzene rings is 1. The summed E-state index contributed by atoms with van der Waals surface area (Å²) >= 11 is 0. The first-order chi connectivity index (χ1) is 14.1. The first kappa shape index (κ1) is 19.8. The summed E-state index contributed by atoms with van der Waals surface area (Å²) in [5.41, 5.74) is 3.53. The molecule has 1 amide bonds. The molecule has 0 N–H and O–H groups in total. The molecule has 3 heterocycles. The van der Waals surface area contributed by atoms with Gasteiger partial charge in [0.05, 0.1) is 12.6 Å². The third-order valence-electron chi connectivity index (χ3n) is 5.88. The van der Waals surface area contributed by atoms with Crippen LogP contribution in [0.1, 0.15) is 54.9 Å². The highest BCUT2D eigenvalue weighted by Gasteiger charge is 2.32. The number of nitrogens with zero attached hydrogens (tertiary/aromatic N) is 4. The molecule has 0 radical (unpaired) electrons. The standard InChI is InChI=1S/C23H30N4O2/c1-3-29-19-9-6-17(7-10-19)8-11-22(28)27-13-4-5-21(27)23-24-15-18-16-26(2)14-12-20(18)25-23/h6-7,9-10,15,21H,3-5,8,11-14,16H2,1-2H3/t21-/m1/s1. The number of hydrogen-bond acceptors (Lipinski definition) is 5. The van der Waals surface area contributed by atoms with E-state index in [-0.39, 0.29) is 11.9 Å². The van der Waals surface area contributed by atoms with Gasteiger partial charge < -0.3 is 14.5 Å². The summed E-state index contributed by atoms with van der Waals surface area (Å²) in [7, 11) is 2.12. The maximum absolute atomic E-state index is 12.9. The van der Waals surface area contributed by atoms with E-state index >= 15 is 0 Å². The number of amides is 1. The van der Waals surface area contributed by atoms with Gasteiger partial charge in [0.25, 0.3) is 0 Å². The SMILES string of the molecule is CCOc1ccc(CCC(=O)N2CCC[C@@H]2c2ncc3c(n2)CCN(C)C3)cc1. The van der Waals surface area contributed by atoms with E-state index in [9.17, 15) is 4.79 Å². The molecule has 2 aromatic rings. The van der Waals surface area contributed by atoms with Gasteiger partial charge in [-0.05, 0) is 50.9 Å². The molecule has 0 aliphatic carbocycles. The predicted octanol–water partition coefficient (Wildman–Crippen LogP) is 3.16. The van der Waals surface area contributed by atoms with Crippen LogP contribution in [0.4, 0.5) is 0 Å². The van der Waals surface area contributed by atoms with Crippen LogP contribution < -0.4 is 4.74 Å². The zero-order valence-corrected chi connectivity index (χ0v) is 17.4.